The number of furan rings is 2. The summed E-state index contributed by atoms with van der Waals surface area (Å²) in [7, 11) is 0. The molecule has 0 bridgehead atoms. The van der Waals surface area contributed by atoms with Crippen molar-refractivity contribution in [2.45, 2.75) is 6.54 Å². The predicted molar refractivity (Wildman–Crippen MR) is 81.9 cm³/mol. The Morgan fingerprint density at radius 1 is 1.12 bits per heavy atom. The molecule has 8 nitrogen and oxygen atoms in total. The van der Waals surface area contributed by atoms with Crippen molar-refractivity contribution in [2.75, 3.05) is 26.2 Å². The molecule has 0 aromatic carbocycles. The molecule has 8 heteroatoms. The highest BCUT2D eigenvalue weighted by Gasteiger charge is 2.24. The molecule has 0 atom stereocenters. The highest BCUT2D eigenvalue weighted by molar-refractivity contribution is 5.93. The molecular weight excluding hydrogens is 312 g/mol. The molecule has 0 spiro atoms. The van der Waals surface area contributed by atoms with E-state index in [0.717, 1.165) is 13.1 Å². The van der Waals surface area contributed by atoms with Crippen LogP contribution < -0.4 is 0 Å². The van der Waals surface area contributed by atoms with Crippen LogP contribution >= 0.6 is 0 Å². The van der Waals surface area contributed by atoms with Crippen LogP contribution in [-0.2, 0) is 6.54 Å². The van der Waals surface area contributed by atoms with Gasteiger partial charge in [-0.3, -0.25) is 9.69 Å². The van der Waals surface area contributed by atoms with Crippen LogP contribution in [0.1, 0.15) is 16.2 Å². The summed E-state index contributed by atoms with van der Waals surface area (Å²) in [4.78, 5) is 16.3. The molecule has 1 aliphatic heterocycles. The number of hydrogen-bond donors (Lipinski definition) is 0. The molecule has 1 amide bonds. The molecule has 4 heterocycles. The van der Waals surface area contributed by atoms with Crippen molar-refractivity contribution in [3.63, 3.8) is 0 Å². The van der Waals surface area contributed by atoms with E-state index in [2.05, 4.69) is 15.1 Å². The summed E-state index contributed by atoms with van der Waals surface area (Å²) in [6, 6.07) is 5.23. The van der Waals surface area contributed by atoms with E-state index in [1.807, 2.05) is 4.90 Å². The third-order valence-corrected chi connectivity index (χ3v) is 3.99. The molecule has 3 aromatic heterocycles. The fourth-order valence-electron chi connectivity index (χ4n) is 2.69. The van der Waals surface area contributed by atoms with E-state index in [4.69, 9.17) is 13.3 Å². The maximum atomic E-state index is 12.3. The van der Waals surface area contributed by atoms with Crippen LogP contribution in [0.25, 0.3) is 11.7 Å². The smallest absolute Gasteiger partial charge is 0.283 e. The van der Waals surface area contributed by atoms with E-state index in [-0.39, 0.29) is 5.91 Å². The highest BCUT2D eigenvalue weighted by Crippen LogP contribution is 2.19. The monoisotopic (exact) mass is 328 g/mol. The van der Waals surface area contributed by atoms with Gasteiger partial charge in [-0.2, -0.15) is 0 Å². The lowest BCUT2D eigenvalue weighted by Crippen LogP contribution is -2.48. The lowest BCUT2D eigenvalue weighted by molar-refractivity contribution is 0.0617. The molecule has 0 unspecified atom stereocenters. The van der Waals surface area contributed by atoms with Crippen LogP contribution in [0.4, 0.5) is 0 Å². The van der Waals surface area contributed by atoms with E-state index in [1.54, 1.807) is 24.5 Å². The number of piperazine rings is 1. The summed E-state index contributed by atoms with van der Waals surface area (Å²) in [6.45, 7) is 3.37. The Hall–Kier alpha value is -2.87. The maximum absolute atomic E-state index is 12.3. The first-order valence-electron chi connectivity index (χ1n) is 7.70. The van der Waals surface area contributed by atoms with E-state index < -0.39 is 0 Å². The molecule has 0 radical (unpaired) electrons. The van der Waals surface area contributed by atoms with Gasteiger partial charge in [-0.05, 0) is 18.2 Å². The Labute approximate surface area is 137 Å². The molecule has 1 fully saturated rings. The zero-order valence-corrected chi connectivity index (χ0v) is 12.9. The Kier molecular flexibility index (Phi) is 3.87. The summed E-state index contributed by atoms with van der Waals surface area (Å²) in [5.74, 6) is 1.48. The third-order valence-electron chi connectivity index (χ3n) is 3.99. The minimum absolute atomic E-state index is 0.00120. The van der Waals surface area contributed by atoms with Gasteiger partial charge in [0.05, 0.1) is 24.6 Å². The van der Waals surface area contributed by atoms with E-state index in [9.17, 15) is 4.79 Å². The zero-order valence-electron chi connectivity index (χ0n) is 12.9. The van der Waals surface area contributed by atoms with E-state index in [0.29, 0.717) is 42.7 Å². The van der Waals surface area contributed by atoms with Crippen molar-refractivity contribution in [1.82, 2.24) is 20.0 Å². The van der Waals surface area contributed by atoms with Gasteiger partial charge in [-0.15, -0.1) is 10.2 Å². The van der Waals surface area contributed by atoms with Gasteiger partial charge >= 0.3 is 0 Å². The van der Waals surface area contributed by atoms with Crippen LogP contribution in [0.5, 0.6) is 0 Å². The molecule has 0 N–H and O–H groups in total. The molecule has 3 aromatic rings. The number of carbonyl (C=O) groups is 1. The normalized spacial score (nSPS) is 15.8. The molecule has 1 aliphatic rings. The van der Waals surface area contributed by atoms with Crippen LogP contribution in [0.15, 0.2) is 50.2 Å². The molecule has 1 saturated heterocycles. The summed E-state index contributed by atoms with van der Waals surface area (Å²) in [6.07, 6.45) is 4.55. The highest BCUT2D eigenvalue weighted by atomic mass is 16.4. The largest absolute Gasteiger partial charge is 0.472 e. The lowest BCUT2D eigenvalue weighted by Gasteiger charge is -2.33. The molecule has 0 saturated carbocycles. The number of hydrogen-bond acceptors (Lipinski definition) is 7. The van der Waals surface area contributed by atoms with Crippen molar-refractivity contribution >= 4 is 5.91 Å². The summed E-state index contributed by atoms with van der Waals surface area (Å²) >= 11 is 0. The van der Waals surface area contributed by atoms with Gasteiger partial charge in [0.2, 0.25) is 5.89 Å². The lowest BCUT2D eigenvalue weighted by atomic mass is 10.2. The maximum Gasteiger partial charge on any atom is 0.283 e. The number of aromatic nitrogens is 2. The van der Waals surface area contributed by atoms with Crippen LogP contribution in [0.3, 0.4) is 0 Å². The fourth-order valence-corrected chi connectivity index (χ4v) is 2.69. The predicted octanol–water partition coefficient (Wildman–Crippen LogP) is 1.88. The molecule has 24 heavy (non-hydrogen) atoms. The average molecular weight is 328 g/mol. The molecule has 4 rings (SSSR count). The summed E-state index contributed by atoms with van der Waals surface area (Å²) in [5, 5.41) is 8.04. The van der Waals surface area contributed by atoms with Crippen LogP contribution in [-0.4, -0.2) is 52.1 Å². The molecule has 124 valence electrons. The summed E-state index contributed by atoms with van der Waals surface area (Å²) in [5.41, 5.74) is 0.587. The van der Waals surface area contributed by atoms with Crippen molar-refractivity contribution in [2.24, 2.45) is 0 Å². The van der Waals surface area contributed by atoms with Crippen LogP contribution in [0, 0.1) is 0 Å². The minimum atomic E-state index is 0.00120. The first-order chi connectivity index (χ1) is 11.8. The number of amides is 1. The molecular formula is C16H16N4O4. The van der Waals surface area contributed by atoms with Crippen molar-refractivity contribution in [3.8, 4) is 11.7 Å². The second-order valence-corrected chi connectivity index (χ2v) is 5.56. The quantitative estimate of drug-likeness (QED) is 0.722. The van der Waals surface area contributed by atoms with Gasteiger partial charge < -0.3 is 18.2 Å². The zero-order chi connectivity index (χ0) is 16.4. The van der Waals surface area contributed by atoms with Crippen LogP contribution in [0.2, 0.25) is 0 Å². The number of nitrogens with zero attached hydrogens (tertiary/aromatic N) is 4. The van der Waals surface area contributed by atoms with Gasteiger partial charge in [0.15, 0.2) is 5.76 Å². The van der Waals surface area contributed by atoms with E-state index in [1.165, 1.54) is 12.5 Å². The first kappa shape index (κ1) is 14.7. The Morgan fingerprint density at radius 2 is 2.00 bits per heavy atom. The average Bonchev–Trinajstić information content (AvgIpc) is 3.36. The van der Waals surface area contributed by atoms with Crippen molar-refractivity contribution < 1.29 is 18.0 Å². The standard InChI is InChI=1S/C16H16N4O4/c21-16(12-3-9-22-11-12)20-6-4-19(5-7-20)10-14-17-18-15(24-14)13-2-1-8-23-13/h1-3,8-9,11H,4-7,10H2. The molecule has 0 aliphatic carbocycles. The van der Waals surface area contributed by atoms with Gasteiger partial charge in [0.1, 0.15) is 6.26 Å². The Bertz CT molecular complexity index is 786. The van der Waals surface area contributed by atoms with E-state index >= 15 is 0 Å². The number of rotatable bonds is 4. The second-order valence-electron chi connectivity index (χ2n) is 5.56. The minimum Gasteiger partial charge on any atom is -0.472 e. The number of carbonyl (C=O) groups excluding carboxylic acids is 1. The second kappa shape index (κ2) is 6.32. The fraction of sp³-hybridized carbons (Fsp3) is 0.312. The van der Waals surface area contributed by atoms with Gasteiger partial charge in [0.25, 0.3) is 11.8 Å². The SMILES string of the molecule is O=C(c1ccoc1)N1CCN(Cc2nnc(-c3ccco3)o2)CC1. The first-order valence-corrected chi connectivity index (χ1v) is 7.70. The third kappa shape index (κ3) is 2.95. The van der Waals surface area contributed by atoms with Crippen molar-refractivity contribution in [3.05, 3.63) is 48.4 Å². The van der Waals surface area contributed by atoms with Gasteiger partial charge in [-0.1, -0.05) is 0 Å². The summed E-state index contributed by atoms with van der Waals surface area (Å²) < 4.78 is 15.8. The van der Waals surface area contributed by atoms with Crippen molar-refractivity contribution in [1.29, 1.82) is 0 Å². The van der Waals surface area contributed by atoms with Gasteiger partial charge in [-0.25, -0.2) is 0 Å². The Morgan fingerprint density at radius 3 is 2.71 bits per heavy atom. The Balaban J connectivity index is 1.33. The topological polar surface area (TPSA) is 88.8 Å². The van der Waals surface area contributed by atoms with Gasteiger partial charge in [0, 0.05) is 26.2 Å².